The minimum Gasteiger partial charge on any atom is -0.487 e. The Labute approximate surface area is 144 Å². The van der Waals surface area contributed by atoms with Gasteiger partial charge in [-0.25, -0.2) is 4.68 Å². The standard InChI is InChI=1S/C20H28N2O2/c1-14-17(12-21-22(18(14)23)20(5,6)7)24-13-15-9-8-10-16(11-15)19(2,3)4/h8-12H,13H2,1-7H3. The van der Waals surface area contributed by atoms with Gasteiger partial charge >= 0.3 is 0 Å². The average molecular weight is 328 g/mol. The molecule has 2 rings (SSSR count). The van der Waals surface area contributed by atoms with Crippen molar-refractivity contribution in [3.63, 3.8) is 0 Å². The first kappa shape index (κ1) is 18.2. The largest absolute Gasteiger partial charge is 0.487 e. The quantitative estimate of drug-likeness (QED) is 0.849. The summed E-state index contributed by atoms with van der Waals surface area (Å²) in [6.45, 7) is 14.6. The molecule has 0 radical (unpaired) electrons. The van der Waals surface area contributed by atoms with Crippen molar-refractivity contribution in [1.82, 2.24) is 9.78 Å². The Bertz CT molecular complexity index is 777. The Morgan fingerprint density at radius 3 is 2.38 bits per heavy atom. The highest BCUT2D eigenvalue weighted by Gasteiger charge is 2.19. The molecule has 0 bridgehead atoms. The number of aromatic nitrogens is 2. The second-order valence-corrected chi connectivity index (χ2v) is 8.26. The topological polar surface area (TPSA) is 44.1 Å². The molecule has 1 heterocycles. The molecule has 0 aliphatic heterocycles. The second-order valence-electron chi connectivity index (χ2n) is 8.26. The Hall–Kier alpha value is -2.10. The summed E-state index contributed by atoms with van der Waals surface area (Å²) in [5.41, 5.74) is 2.58. The van der Waals surface area contributed by atoms with Gasteiger partial charge in [-0.1, -0.05) is 45.0 Å². The third-order valence-electron chi connectivity index (χ3n) is 4.00. The van der Waals surface area contributed by atoms with E-state index in [-0.39, 0.29) is 16.5 Å². The van der Waals surface area contributed by atoms with Crippen molar-refractivity contribution in [1.29, 1.82) is 0 Å². The monoisotopic (exact) mass is 328 g/mol. The van der Waals surface area contributed by atoms with E-state index in [0.29, 0.717) is 17.9 Å². The Kier molecular flexibility index (Phi) is 4.88. The summed E-state index contributed by atoms with van der Waals surface area (Å²) in [6.07, 6.45) is 1.63. The van der Waals surface area contributed by atoms with Gasteiger partial charge in [0.25, 0.3) is 5.56 Å². The molecule has 1 aromatic heterocycles. The van der Waals surface area contributed by atoms with Crippen LogP contribution in [0.4, 0.5) is 0 Å². The van der Waals surface area contributed by atoms with Crippen LogP contribution in [0.15, 0.2) is 35.3 Å². The molecule has 0 aliphatic rings. The van der Waals surface area contributed by atoms with Crippen LogP contribution >= 0.6 is 0 Å². The predicted molar refractivity (Wildman–Crippen MR) is 97.7 cm³/mol. The first-order chi connectivity index (χ1) is 11.0. The van der Waals surface area contributed by atoms with Gasteiger partial charge in [0.1, 0.15) is 12.4 Å². The van der Waals surface area contributed by atoms with Gasteiger partial charge in [-0.05, 0) is 44.2 Å². The van der Waals surface area contributed by atoms with Gasteiger partial charge < -0.3 is 4.74 Å². The maximum Gasteiger partial charge on any atom is 0.273 e. The minimum atomic E-state index is -0.346. The van der Waals surface area contributed by atoms with E-state index in [0.717, 1.165) is 5.56 Å². The maximum absolute atomic E-state index is 12.5. The molecule has 0 fully saturated rings. The van der Waals surface area contributed by atoms with Gasteiger partial charge in [0.2, 0.25) is 0 Å². The van der Waals surface area contributed by atoms with Gasteiger partial charge in [0.05, 0.1) is 17.3 Å². The minimum absolute atomic E-state index is 0.0979. The van der Waals surface area contributed by atoms with Gasteiger partial charge in [-0.3, -0.25) is 4.79 Å². The fourth-order valence-corrected chi connectivity index (χ4v) is 2.44. The summed E-state index contributed by atoms with van der Waals surface area (Å²) in [6, 6.07) is 8.36. The molecule has 130 valence electrons. The molecule has 0 N–H and O–H groups in total. The summed E-state index contributed by atoms with van der Waals surface area (Å²) >= 11 is 0. The van der Waals surface area contributed by atoms with Gasteiger partial charge in [0, 0.05) is 0 Å². The van der Waals surface area contributed by atoms with E-state index in [9.17, 15) is 4.79 Å². The van der Waals surface area contributed by atoms with Crippen molar-refractivity contribution in [2.75, 3.05) is 0 Å². The first-order valence-electron chi connectivity index (χ1n) is 8.32. The van der Waals surface area contributed by atoms with Crippen LogP contribution in [0, 0.1) is 6.92 Å². The third kappa shape index (κ3) is 4.05. The Balaban J connectivity index is 2.22. The van der Waals surface area contributed by atoms with Crippen LogP contribution in [0.25, 0.3) is 0 Å². The lowest BCUT2D eigenvalue weighted by Crippen LogP contribution is -2.37. The van der Waals surface area contributed by atoms with Crippen LogP contribution in [0.1, 0.15) is 58.2 Å². The molecule has 0 unspecified atom stereocenters. The number of nitrogens with zero attached hydrogens (tertiary/aromatic N) is 2. The zero-order valence-corrected chi connectivity index (χ0v) is 15.8. The number of benzene rings is 1. The molecule has 4 heteroatoms. The molecule has 1 aromatic carbocycles. The Morgan fingerprint density at radius 1 is 1.12 bits per heavy atom. The molecule has 0 aliphatic carbocycles. The summed E-state index contributed by atoms with van der Waals surface area (Å²) < 4.78 is 7.36. The van der Waals surface area contributed by atoms with E-state index >= 15 is 0 Å². The third-order valence-corrected chi connectivity index (χ3v) is 4.00. The zero-order valence-electron chi connectivity index (χ0n) is 15.8. The van der Waals surface area contributed by atoms with Crippen molar-refractivity contribution in [2.45, 2.75) is 66.0 Å². The van der Waals surface area contributed by atoms with Crippen molar-refractivity contribution in [3.05, 3.63) is 57.5 Å². The highest BCUT2D eigenvalue weighted by atomic mass is 16.5. The van der Waals surface area contributed by atoms with Gasteiger partial charge in [0.15, 0.2) is 0 Å². The van der Waals surface area contributed by atoms with Crippen LogP contribution in [0.3, 0.4) is 0 Å². The molecule has 0 atom stereocenters. The SMILES string of the molecule is Cc1c(OCc2cccc(C(C)(C)C)c2)cnn(C(C)(C)C)c1=O. The van der Waals surface area contributed by atoms with E-state index < -0.39 is 0 Å². The molecule has 4 nitrogen and oxygen atoms in total. The summed E-state index contributed by atoms with van der Waals surface area (Å²) in [7, 11) is 0. The van der Waals surface area contributed by atoms with Crippen molar-refractivity contribution in [3.8, 4) is 5.75 Å². The van der Waals surface area contributed by atoms with Gasteiger partial charge in [-0.15, -0.1) is 0 Å². The zero-order chi connectivity index (χ0) is 18.1. The number of rotatable bonds is 3. The lowest BCUT2D eigenvalue weighted by atomic mass is 9.86. The van der Waals surface area contributed by atoms with Crippen LogP contribution in [-0.2, 0) is 17.6 Å². The average Bonchev–Trinajstić information content (AvgIpc) is 2.47. The van der Waals surface area contributed by atoms with Crippen LogP contribution in [0.2, 0.25) is 0 Å². The molecule has 24 heavy (non-hydrogen) atoms. The number of hydrogen-bond donors (Lipinski definition) is 0. The van der Waals surface area contributed by atoms with Crippen molar-refractivity contribution in [2.24, 2.45) is 0 Å². The summed E-state index contributed by atoms with van der Waals surface area (Å²) in [5.74, 6) is 0.543. The van der Waals surface area contributed by atoms with E-state index in [4.69, 9.17) is 4.74 Å². The van der Waals surface area contributed by atoms with E-state index in [1.807, 2.05) is 32.9 Å². The second kappa shape index (κ2) is 6.42. The van der Waals surface area contributed by atoms with Crippen molar-refractivity contribution < 1.29 is 4.74 Å². The van der Waals surface area contributed by atoms with Crippen LogP contribution in [-0.4, -0.2) is 9.78 Å². The predicted octanol–water partition coefficient (Wildman–Crippen LogP) is 4.18. The maximum atomic E-state index is 12.5. The molecule has 0 spiro atoms. The first-order valence-corrected chi connectivity index (χ1v) is 8.32. The molecule has 2 aromatic rings. The molecule has 0 saturated heterocycles. The highest BCUT2D eigenvalue weighted by Crippen LogP contribution is 2.23. The molecule has 0 amide bonds. The molecular formula is C20H28N2O2. The van der Waals surface area contributed by atoms with E-state index in [2.05, 4.69) is 38.0 Å². The lowest BCUT2D eigenvalue weighted by molar-refractivity contribution is 0.288. The highest BCUT2D eigenvalue weighted by molar-refractivity contribution is 5.30. The molecular weight excluding hydrogens is 300 g/mol. The van der Waals surface area contributed by atoms with Crippen LogP contribution in [0.5, 0.6) is 5.75 Å². The number of ether oxygens (including phenoxy) is 1. The van der Waals surface area contributed by atoms with E-state index in [1.165, 1.54) is 10.2 Å². The Morgan fingerprint density at radius 2 is 1.79 bits per heavy atom. The van der Waals surface area contributed by atoms with Gasteiger partial charge in [-0.2, -0.15) is 5.10 Å². The van der Waals surface area contributed by atoms with Crippen molar-refractivity contribution >= 4 is 0 Å². The summed E-state index contributed by atoms with van der Waals surface area (Å²) in [4.78, 5) is 12.5. The van der Waals surface area contributed by atoms with E-state index in [1.54, 1.807) is 13.1 Å². The van der Waals surface area contributed by atoms with Crippen LogP contribution < -0.4 is 10.3 Å². The molecule has 0 saturated carbocycles. The fraction of sp³-hybridized carbons (Fsp3) is 0.500. The fourth-order valence-electron chi connectivity index (χ4n) is 2.44. The number of hydrogen-bond acceptors (Lipinski definition) is 3. The lowest BCUT2D eigenvalue weighted by Gasteiger charge is -2.22. The summed E-state index contributed by atoms with van der Waals surface area (Å²) in [5, 5.41) is 4.26. The smallest absolute Gasteiger partial charge is 0.273 e. The normalized spacial score (nSPS) is 12.3.